The molecule has 154 valence electrons. The van der Waals surface area contributed by atoms with Gasteiger partial charge in [0.25, 0.3) is 0 Å². The van der Waals surface area contributed by atoms with E-state index in [4.69, 9.17) is 16.0 Å². The number of rotatable bonds is 5. The van der Waals surface area contributed by atoms with E-state index in [1.165, 1.54) is 17.7 Å². The number of nitriles is 1. The van der Waals surface area contributed by atoms with Crippen molar-refractivity contribution >= 4 is 12.2 Å². The fourth-order valence-corrected chi connectivity index (χ4v) is 4.10. The number of allylic oxidation sites excluding steroid dienone is 1. The van der Waals surface area contributed by atoms with Crippen molar-refractivity contribution in [2.24, 2.45) is 10.4 Å². The standard InChI is InChI=1S/C25H22FN5/c1-24(2,15-17-7-4-3-5-8-17)25(11-6-12-29-25)22-14-21(30-23(28)31-22)18-9-10-19(16-27)20(26)13-18/h3-14H,15H2,1-2H3,(H2,28,30,31). The molecular weight excluding hydrogens is 389 g/mol. The van der Waals surface area contributed by atoms with Crippen LogP contribution in [0, 0.1) is 22.6 Å². The van der Waals surface area contributed by atoms with Crippen LogP contribution in [0.15, 0.2) is 71.7 Å². The minimum atomic E-state index is -0.750. The van der Waals surface area contributed by atoms with E-state index in [9.17, 15) is 4.39 Å². The number of aromatic nitrogens is 2. The van der Waals surface area contributed by atoms with Gasteiger partial charge in [0, 0.05) is 17.2 Å². The van der Waals surface area contributed by atoms with Gasteiger partial charge in [-0.1, -0.05) is 50.2 Å². The Morgan fingerprint density at radius 3 is 2.52 bits per heavy atom. The van der Waals surface area contributed by atoms with Crippen LogP contribution in [-0.4, -0.2) is 16.2 Å². The number of benzene rings is 2. The lowest BCUT2D eigenvalue weighted by Gasteiger charge is -2.40. The third-order valence-corrected chi connectivity index (χ3v) is 5.74. The second kappa shape index (κ2) is 7.77. The number of hydrogen-bond acceptors (Lipinski definition) is 5. The van der Waals surface area contributed by atoms with Crippen molar-refractivity contribution in [1.82, 2.24) is 9.97 Å². The maximum Gasteiger partial charge on any atom is 0.220 e. The van der Waals surface area contributed by atoms with Crippen molar-refractivity contribution in [1.29, 1.82) is 5.26 Å². The molecule has 0 saturated heterocycles. The highest BCUT2D eigenvalue weighted by molar-refractivity contribution is 5.76. The fraction of sp³-hybridized carbons (Fsp3) is 0.200. The molecule has 3 aromatic rings. The van der Waals surface area contributed by atoms with Crippen LogP contribution < -0.4 is 5.73 Å². The lowest BCUT2D eigenvalue weighted by atomic mass is 9.67. The van der Waals surface area contributed by atoms with Gasteiger partial charge in [-0.2, -0.15) is 5.26 Å². The van der Waals surface area contributed by atoms with E-state index >= 15 is 0 Å². The number of anilines is 1. The molecule has 0 bridgehead atoms. The zero-order valence-corrected chi connectivity index (χ0v) is 17.4. The average Bonchev–Trinajstić information content (AvgIpc) is 3.26. The smallest absolute Gasteiger partial charge is 0.220 e. The summed E-state index contributed by atoms with van der Waals surface area (Å²) in [5, 5.41) is 9.00. The van der Waals surface area contributed by atoms with Gasteiger partial charge in [-0.3, -0.25) is 4.99 Å². The Hall–Kier alpha value is -3.85. The van der Waals surface area contributed by atoms with Crippen LogP contribution in [0.5, 0.6) is 0 Å². The summed E-state index contributed by atoms with van der Waals surface area (Å²) in [5.74, 6) is -0.515. The second-order valence-electron chi connectivity index (χ2n) is 8.25. The molecule has 5 nitrogen and oxygen atoms in total. The van der Waals surface area contributed by atoms with Gasteiger partial charge in [-0.15, -0.1) is 0 Å². The third-order valence-electron chi connectivity index (χ3n) is 5.74. The van der Waals surface area contributed by atoms with E-state index in [1.807, 2.05) is 36.4 Å². The zero-order valence-electron chi connectivity index (χ0n) is 17.4. The number of hydrogen-bond donors (Lipinski definition) is 1. The Kier molecular flexibility index (Phi) is 5.12. The molecule has 1 aliphatic rings. The summed E-state index contributed by atoms with van der Waals surface area (Å²) in [4.78, 5) is 13.7. The summed E-state index contributed by atoms with van der Waals surface area (Å²) >= 11 is 0. The van der Waals surface area contributed by atoms with E-state index in [0.29, 0.717) is 17.0 Å². The van der Waals surface area contributed by atoms with E-state index in [0.717, 1.165) is 6.42 Å². The van der Waals surface area contributed by atoms with E-state index in [2.05, 4.69) is 35.9 Å². The summed E-state index contributed by atoms with van der Waals surface area (Å²) in [7, 11) is 0. The zero-order chi connectivity index (χ0) is 22.1. The maximum absolute atomic E-state index is 14.2. The second-order valence-corrected chi connectivity index (χ2v) is 8.25. The molecule has 31 heavy (non-hydrogen) atoms. The molecule has 2 N–H and O–H groups in total. The Morgan fingerprint density at radius 2 is 1.87 bits per heavy atom. The van der Waals surface area contributed by atoms with Gasteiger partial charge in [-0.25, -0.2) is 14.4 Å². The molecule has 1 unspecified atom stereocenters. The van der Waals surface area contributed by atoms with E-state index in [-0.39, 0.29) is 16.9 Å². The minimum Gasteiger partial charge on any atom is -0.368 e. The first kappa shape index (κ1) is 20.4. The van der Waals surface area contributed by atoms with Gasteiger partial charge in [0.1, 0.15) is 17.4 Å². The SMILES string of the molecule is CC(C)(Cc1ccccc1)C1(c2cc(-c3ccc(C#N)c(F)c3)nc(N)n2)C=CC=N1. The van der Waals surface area contributed by atoms with Crippen molar-refractivity contribution in [2.75, 3.05) is 5.73 Å². The van der Waals surface area contributed by atoms with Gasteiger partial charge in [0.05, 0.1) is 17.0 Å². The van der Waals surface area contributed by atoms with Gasteiger partial charge >= 0.3 is 0 Å². The van der Waals surface area contributed by atoms with Crippen LogP contribution >= 0.6 is 0 Å². The normalized spacial score (nSPS) is 17.6. The minimum absolute atomic E-state index is 0.0187. The van der Waals surface area contributed by atoms with Gasteiger partial charge in [-0.05, 0) is 42.3 Å². The third kappa shape index (κ3) is 3.71. The number of nitrogen functional groups attached to an aromatic ring is 1. The van der Waals surface area contributed by atoms with Crippen LogP contribution in [0.2, 0.25) is 0 Å². The van der Waals surface area contributed by atoms with Crippen LogP contribution in [0.3, 0.4) is 0 Å². The van der Waals surface area contributed by atoms with Crippen molar-refractivity contribution in [3.8, 4) is 17.3 Å². The molecule has 4 rings (SSSR count). The van der Waals surface area contributed by atoms with Crippen LogP contribution in [0.4, 0.5) is 10.3 Å². The summed E-state index contributed by atoms with van der Waals surface area (Å²) in [6.45, 7) is 4.29. The summed E-state index contributed by atoms with van der Waals surface area (Å²) in [5.41, 5.74) is 7.80. The molecule has 1 aliphatic heterocycles. The van der Waals surface area contributed by atoms with E-state index < -0.39 is 11.4 Å². The van der Waals surface area contributed by atoms with Gasteiger partial charge in [0.2, 0.25) is 5.95 Å². The monoisotopic (exact) mass is 411 g/mol. The molecule has 0 saturated carbocycles. The average molecular weight is 411 g/mol. The van der Waals surface area contributed by atoms with Crippen molar-refractivity contribution in [3.63, 3.8) is 0 Å². The van der Waals surface area contributed by atoms with Gasteiger partial charge < -0.3 is 5.73 Å². The van der Waals surface area contributed by atoms with Crippen LogP contribution in [0.25, 0.3) is 11.3 Å². The topological polar surface area (TPSA) is 88.0 Å². The van der Waals surface area contributed by atoms with Crippen molar-refractivity contribution < 1.29 is 4.39 Å². The lowest BCUT2D eigenvalue weighted by Crippen LogP contribution is -2.40. The molecular formula is C25H22FN5. The first-order valence-electron chi connectivity index (χ1n) is 9.97. The van der Waals surface area contributed by atoms with Crippen molar-refractivity contribution in [3.05, 3.63) is 89.4 Å². The summed E-state index contributed by atoms with van der Waals surface area (Å²) in [6, 6.07) is 18.2. The fourth-order valence-electron chi connectivity index (χ4n) is 4.10. The first-order valence-corrected chi connectivity index (χ1v) is 9.97. The largest absolute Gasteiger partial charge is 0.368 e. The quantitative estimate of drug-likeness (QED) is 0.651. The molecule has 2 aromatic carbocycles. The number of nitrogens with two attached hydrogens (primary N) is 1. The Balaban J connectivity index is 1.81. The summed E-state index contributed by atoms with van der Waals surface area (Å²) < 4.78 is 14.2. The van der Waals surface area contributed by atoms with Crippen LogP contribution in [0.1, 0.15) is 30.7 Å². The number of nitrogens with zero attached hydrogens (tertiary/aromatic N) is 4. The highest BCUT2D eigenvalue weighted by atomic mass is 19.1. The molecule has 1 atom stereocenters. The van der Waals surface area contributed by atoms with Crippen LogP contribution in [-0.2, 0) is 12.0 Å². The molecule has 0 radical (unpaired) electrons. The highest BCUT2D eigenvalue weighted by Gasteiger charge is 2.47. The number of halogens is 1. The molecule has 0 aliphatic carbocycles. The summed E-state index contributed by atoms with van der Waals surface area (Å²) in [6.07, 6.45) is 6.47. The Bertz CT molecular complexity index is 1210. The number of aliphatic imine (C=N–C) groups is 1. The van der Waals surface area contributed by atoms with Gasteiger partial charge in [0.15, 0.2) is 0 Å². The highest BCUT2D eigenvalue weighted by Crippen LogP contribution is 2.48. The lowest BCUT2D eigenvalue weighted by molar-refractivity contribution is 0.214. The Labute approximate surface area is 180 Å². The Morgan fingerprint density at radius 1 is 1.10 bits per heavy atom. The molecule has 1 aromatic heterocycles. The maximum atomic E-state index is 14.2. The van der Waals surface area contributed by atoms with Crippen molar-refractivity contribution in [2.45, 2.75) is 25.8 Å². The van der Waals surface area contributed by atoms with E-state index in [1.54, 1.807) is 18.3 Å². The molecule has 0 amide bonds. The molecule has 6 heteroatoms. The predicted octanol–water partition coefficient (Wildman–Crippen LogP) is 4.84. The molecule has 2 heterocycles. The molecule has 0 fully saturated rings. The predicted molar refractivity (Wildman–Crippen MR) is 120 cm³/mol. The first-order chi connectivity index (χ1) is 14.8. The molecule has 0 spiro atoms.